The number of benzene rings is 2. The van der Waals surface area contributed by atoms with E-state index in [2.05, 4.69) is 5.32 Å². The summed E-state index contributed by atoms with van der Waals surface area (Å²) in [4.78, 5) is 29.6. The maximum absolute atomic E-state index is 12.0. The van der Waals surface area contributed by atoms with Crippen LogP contribution in [-0.4, -0.2) is 48.4 Å². The largest absolute Gasteiger partial charge is 0.479 e. The zero-order valence-electron chi connectivity index (χ0n) is 16.9. The minimum atomic E-state index is -1.09. The molecule has 0 saturated carbocycles. The molecule has 164 valence electrons. The molecule has 1 heterocycles. The number of hydrogen-bond acceptors (Lipinski definition) is 7. The molecule has 0 aromatic heterocycles. The van der Waals surface area contributed by atoms with Crippen molar-refractivity contribution in [2.75, 3.05) is 30.6 Å². The van der Waals surface area contributed by atoms with Gasteiger partial charge in [0.1, 0.15) is 18.0 Å². The molecule has 1 atom stereocenters. The molecule has 2 N–H and O–H groups in total. The summed E-state index contributed by atoms with van der Waals surface area (Å²) in [5.41, 5.74) is 1.62. The van der Waals surface area contributed by atoms with Crippen molar-refractivity contribution >= 4 is 35.0 Å². The monoisotopic (exact) mass is 447 g/mol. The molecule has 0 bridgehead atoms. The quantitative estimate of drug-likeness (QED) is 0.586. The van der Waals surface area contributed by atoms with Gasteiger partial charge in [0.2, 0.25) is 0 Å². The maximum atomic E-state index is 12.0. The molecule has 10 heteroatoms. The Kier molecular flexibility index (Phi) is 7.09. The van der Waals surface area contributed by atoms with Gasteiger partial charge in [-0.2, -0.15) is 5.06 Å². The Morgan fingerprint density at radius 1 is 1.19 bits per heavy atom. The molecular formula is C21H22ClN3O6. The van der Waals surface area contributed by atoms with E-state index in [1.165, 1.54) is 7.05 Å². The Labute approximate surface area is 184 Å². The third-order valence-electron chi connectivity index (χ3n) is 4.31. The standard InChI is InChI=1S/C21H22ClN3O6/c1-14(20(26)29-12-11-24(2)21(27)28)30-16-4-6-17(7-5-16)31-25-10-9-23-18-13-15(22)3-8-19(18)25/h3-10,13-14,23H,11-12H2,1-2H3,(H,27,28). The molecule has 9 nitrogen and oxygen atoms in total. The third kappa shape index (κ3) is 5.95. The number of carbonyl (C=O) groups is 2. The van der Waals surface area contributed by atoms with Crippen LogP contribution in [0.5, 0.6) is 11.5 Å². The minimum Gasteiger partial charge on any atom is -0.479 e. The molecule has 0 aliphatic carbocycles. The Morgan fingerprint density at radius 2 is 1.90 bits per heavy atom. The van der Waals surface area contributed by atoms with Crippen molar-refractivity contribution in [3.63, 3.8) is 0 Å². The summed E-state index contributed by atoms with van der Waals surface area (Å²) in [5, 5.41) is 14.1. The van der Waals surface area contributed by atoms with Crippen LogP contribution in [0.4, 0.5) is 16.2 Å². The van der Waals surface area contributed by atoms with Crippen molar-refractivity contribution in [3.05, 3.63) is 59.9 Å². The first-order chi connectivity index (χ1) is 14.8. The van der Waals surface area contributed by atoms with Crippen molar-refractivity contribution in [3.8, 4) is 11.5 Å². The number of carbonyl (C=O) groups excluding carboxylic acids is 1. The number of nitrogens with one attached hydrogen (secondary N) is 1. The lowest BCUT2D eigenvalue weighted by Crippen LogP contribution is -2.32. The molecule has 0 spiro atoms. The molecule has 0 saturated heterocycles. The molecule has 0 radical (unpaired) electrons. The number of hydroxylamine groups is 1. The minimum absolute atomic E-state index is 0.0486. The highest BCUT2D eigenvalue weighted by molar-refractivity contribution is 6.31. The molecule has 3 rings (SSSR count). The van der Waals surface area contributed by atoms with Crippen LogP contribution < -0.4 is 20.0 Å². The summed E-state index contributed by atoms with van der Waals surface area (Å²) in [6.07, 6.45) is 1.53. The maximum Gasteiger partial charge on any atom is 0.407 e. The highest BCUT2D eigenvalue weighted by Gasteiger charge is 2.18. The van der Waals surface area contributed by atoms with E-state index >= 15 is 0 Å². The van der Waals surface area contributed by atoms with E-state index in [0.29, 0.717) is 16.5 Å². The van der Waals surface area contributed by atoms with Gasteiger partial charge in [-0.15, -0.1) is 0 Å². The first-order valence-electron chi connectivity index (χ1n) is 9.41. The number of hydrogen-bond donors (Lipinski definition) is 2. The van der Waals surface area contributed by atoms with Crippen LogP contribution in [0.1, 0.15) is 6.92 Å². The summed E-state index contributed by atoms with van der Waals surface area (Å²) in [7, 11) is 1.39. The van der Waals surface area contributed by atoms with Gasteiger partial charge in [0.25, 0.3) is 0 Å². The molecular weight excluding hydrogens is 426 g/mol. The summed E-state index contributed by atoms with van der Waals surface area (Å²) in [6, 6.07) is 12.2. The second kappa shape index (κ2) is 9.94. The van der Waals surface area contributed by atoms with Crippen molar-refractivity contribution in [1.82, 2.24) is 4.90 Å². The van der Waals surface area contributed by atoms with Crippen LogP contribution in [0.15, 0.2) is 54.9 Å². The molecule has 1 aliphatic rings. The second-order valence-electron chi connectivity index (χ2n) is 6.64. The van der Waals surface area contributed by atoms with Gasteiger partial charge in [0.05, 0.1) is 18.4 Å². The SMILES string of the molecule is CC(Oc1ccc(ON2C=CNc3cc(Cl)ccc32)cc1)C(=O)OCCN(C)C(=O)O. The van der Waals surface area contributed by atoms with Crippen molar-refractivity contribution in [2.24, 2.45) is 0 Å². The number of likely N-dealkylation sites (N-methyl/N-ethyl adjacent to an activating group) is 1. The van der Waals surface area contributed by atoms with Crippen LogP contribution in [-0.2, 0) is 9.53 Å². The number of halogens is 1. The predicted octanol–water partition coefficient (Wildman–Crippen LogP) is 3.96. The lowest BCUT2D eigenvalue weighted by Gasteiger charge is -2.26. The number of esters is 1. The van der Waals surface area contributed by atoms with Crippen molar-refractivity contribution in [1.29, 1.82) is 0 Å². The predicted molar refractivity (Wildman–Crippen MR) is 115 cm³/mol. The average Bonchev–Trinajstić information content (AvgIpc) is 2.74. The zero-order valence-corrected chi connectivity index (χ0v) is 17.7. The third-order valence-corrected chi connectivity index (χ3v) is 4.55. The highest BCUT2D eigenvalue weighted by atomic mass is 35.5. The topological polar surface area (TPSA) is 101 Å². The van der Waals surface area contributed by atoms with Crippen LogP contribution >= 0.6 is 11.6 Å². The fourth-order valence-electron chi connectivity index (χ4n) is 2.61. The molecule has 1 aliphatic heterocycles. The first-order valence-corrected chi connectivity index (χ1v) is 9.78. The van der Waals surface area contributed by atoms with Crippen LogP contribution in [0, 0.1) is 0 Å². The van der Waals surface area contributed by atoms with Crippen LogP contribution in [0.3, 0.4) is 0 Å². The van der Waals surface area contributed by atoms with E-state index in [1.807, 2.05) is 6.07 Å². The van der Waals surface area contributed by atoms with Gasteiger partial charge in [-0.05, 0) is 49.4 Å². The molecule has 31 heavy (non-hydrogen) atoms. The fraction of sp³-hybridized carbons (Fsp3) is 0.238. The van der Waals surface area contributed by atoms with Gasteiger partial charge in [-0.3, -0.25) is 0 Å². The lowest BCUT2D eigenvalue weighted by atomic mass is 10.2. The van der Waals surface area contributed by atoms with Crippen molar-refractivity contribution in [2.45, 2.75) is 13.0 Å². The molecule has 1 amide bonds. The van der Waals surface area contributed by atoms with E-state index in [4.69, 9.17) is 31.0 Å². The van der Waals surface area contributed by atoms with Gasteiger partial charge in [0, 0.05) is 18.3 Å². The average molecular weight is 448 g/mol. The van der Waals surface area contributed by atoms with Gasteiger partial charge < -0.3 is 29.6 Å². The fourth-order valence-corrected chi connectivity index (χ4v) is 2.78. The lowest BCUT2D eigenvalue weighted by molar-refractivity contribution is -0.151. The summed E-state index contributed by atoms with van der Waals surface area (Å²) < 4.78 is 10.6. The zero-order chi connectivity index (χ0) is 22.4. The van der Waals surface area contributed by atoms with Gasteiger partial charge >= 0.3 is 12.1 Å². The number of rotatable bonds is 8. The number of ether oxygens (including phenoxy) is 2. The van der Waals surface area contributed by atoms with E-state index < -0.39 is 18.2 Å². The van der Waals surface area contributed by atoms with Gasteiger partial charge in [0.15, 0.2) is 11.9 Å². The molecule has 2 aromatic carbocycles. The molecule has 2 aromatic rings. The highest BCUT2D eigenvalue weighted by Crippen LogP contribution is 2.33. The van der Waals surface area contributed by atoms with E-state index in [1.54, 1.807) is 60.8 Å². The van der Waals surface area contributed by atoms with Crippen molar-refractivity contribution < 1.29 is 29.0 Å². The normalized spacial score (nSPS) is 12.9. The number of fused-ring (bicyclic) bond motifs is 1. The Morgan fingerprint density at radius 3 is 2.61 bits per heavy atom. The number of nitrogens with zero attached hydrogens (tertiary/aromatic N) is 2. The first kappa shape index (κ1) is 22.1. The molecule has 0 fully saturated rings. The second-order valence-corrected chi connectivity index (χ2v) is 7.08. The van der Waals surface area contributed by atoms with E-state index in [9.17, 15) is 9.59 Å². The summed E-state index contributed by atoms with van der Waals surface area (Å²) in [5.74, 6) is 0.439. The Bertz CT molecular complexity index is 966. The van der Waals surface area contributed by atoms with E-state index in [0.717, 1.165) is 16.3 Å². The number of anilines is 2. The Balaban J connectivity index is 1.52. The number of amides is 1. The molecule has 1 unspecified atom stereocenters. The van der Waals surface area contributed by atoms with Crippen LogP contribution in [0.25, 0.3) is 0 Å². The van der Waals surface area contributed by atoms with Gasteiger partial charge in [-0.1, -0.05) is 11.6 Å². The van der Waals surface area contributed by atoms with Gasteiger partial charge in [-0.25, -0.2) is 9.59 Å². The smallest absolute Gasteiger partial charge is 0.407 e. The summed E-state index contributed by atoms with van der Waals surface area (Å²) in [6.45, 7) is 1.59. The summed E-state index contributed by atoms with van der Waals surface area (Å²) >= 11 is 6.02. The van der Waals surface area contributed by atoms with Crippen LogP contribution in [0.2, 0.25) is 5.02 Å². The number of carboxylic acid groups (broad SMARTS) is 1. The van der Waals surface area contributed by atoms with E-state index in [-0.39, 0.29) is 13.2 Å². The Hall–Kier alpha value is -3.59.